The topological polar surface area (TPSA) is 89.9 Å². The Balaban J connectivity index is 1.84. The maximum Gasteiger partial charge on any atom is 0.344 e. The van der Waals surface area contributed by atoms with E-state index in [1.807, 2.05) is 4.57 Å². The number of benzene rings is 1. The maximum atomic E-state index is 13.9. The van der Waals surface area contributed by atoms with Gasteiger partial charge >= 0.3 is 5.97 Å². The Labute approximate surface area is 169 Å². The summed E-state index contributed by atoms with van der Waals surface area (Å²) in [5, 5.41) is 0.466. The first-order valence-electron chi connectivity index (χ1n) is 9.38. The summed E-state index contributed by atoms with van der Waals surface area (Å²) < 4.78 is 51.2. The van der Waals surface area contributed by atoms with Crippen molar-refractivity contribution in [2.45, 2.75) is 18.9 Å². The Morgan fingerprint density at radius 1 is 1.28 bits per heavy atom. The van der Waals surface area contributed by atoms with Crippen LogP contribution < -0.4 is 9.46 Å². The summed E-state index contributed by atoms with van der Waals surface area (Å²) in [5.74, 6) is -0.634. The number of esters is 1. The van der Waals surface area contributed by atoms with Gasteiger partial charge in [-0.2, -0.15) is 0 Å². The van der Waals surface area contributed by atoms with Crippen LogP contribution in [0.3, 0.4) is 0 Å². The number of ether oxygens (including phenoxy) is 2. The molecule has 0 amide bonds. The summed E-state index contributed by atoms with van der Waals surface area (Å²) in [6.07, 6.45) is 2.72. The predicted molar refractivity (Wildman–Crippen MR) is 107 cm³/mol. The van der Waals surface area contributed by atoms with Crippen molar-refractivity contribution in [3.63, 3.8) is 0 Å². The normalized spacial score (nSPS) is 16.3. The second-order valence-corrected chi connectivity index (χ2v) is 8.98. The molecule has 2 heterocycles. The zero-order valence-electron chi connectivity index (χ0n) is 16.8. The molecular formula is C19H26FN3O5S. The van der Waals surface area contributed by atoms with E-state index in [1.54, 1.807) is 6.07 Å². The van der Waals surface area contributed by atoms with Gasteiger partial charge < -0.3 is 18.9 Å². The van der Waals surface area contributed by atoms with Gasteiger partial charge in [-0.3, -0.25) is 0 Å². The van der Waals surface area contributed by atoms with E-state index in [0.29, 0.717) is 24.4 Å². The van der Waals surface area contributed by atoms with Crippen molar-refractivity contribution in [1.29, 1.82) is 0 Å². The fourth-order valence-electron chi connectivity index (χ4n) is 3.92. The second kappa shape index (κ2) is 8.68. The molecule has 0 spiro atoms. The van der Waals surface area contributed by atoms with Gasteiger partial charge in [-0.1, -0.05) is 0 Å². The van der Waals surface area contributed by atoms with Gasteiger partial charge in [-0.15, -0.1) is 0 Å². The molecule has 1 aromatic carbocycles. The van der Waals surface area contributed by atoms with Crippen molar-refractivity contribution >= 4 is 26.9 Å². The Morgan fingerprint density at radius 3 is 2.55 bits per heavy atom. The molecule has 2 aromatic rings. The van der Waals surface area contributed by atoms with E-state index in [4.69, 9.17) is 9.47 Å². The third-order valence-corrected chi connectivity index (χ3v) is 5.95. The van der Waals surface area contributed by atoms with E-state index in [2.05, 4.69) is 9.62 Å². The summed E-state index contributed by atoms with van der Waals surface area (Å²) >= 11 is 0. The van der Waals surface area contributed by atoms with Crippen LogP contribution >= 0.6 is 0 Å². The van der Waals surface area contributed by atoms with Crippen LogP contribution in [-0.2, 0) is 14.8 Å². The Hall–Kier alpha value is -2.17. The molecule has 10 heteroatoms. The van der Waals surface area contributed by atoms with Gasteiger partial charge in [0.25, 0.3) is 0 Å². The van der Waals surface area contributed by atoms with Crippen molar-refractivity contribution in [2.75, 3.05) is 46.7 Å². The van der Waals surface area contributed by atoms with Gasteiger partial charge in [-0.05, 0) is 31.0 Å². The molecule has 29 heavy (non-hydrogen) atoms. The van der Waals surface area contributed by atoms with Crippen LogP contribution in [-0.4, -0.2) is 70.5 Å². The number of fused-ring (bicyclic) bond motifs is 1. The number of aromatic nitrogens is 1. The van der Waals surface area contributed by atoms with Crippen LogP contribution in [0.5, 0.6) is 5.88 Å². The first-order chi connectivity index (χ1) is 13.7. The van der Waals surface area contributed by atoms with Crippen LogP contribution in [0.4, 0.5) is 4.39 Å². The van der Waals surface area contributed by atoms with E-state index in [0.717, 1.165) is 37.7 Å². The SMILES string of the molecule is COC(=O)c1c(OC)n(C2CCN(CCNS(C)(=O)=O)CC2)c2ccc(F)cc12. The van der Waals surface area contributed by atoms with Gasteiger partial charge in [-0.25, -0.2) is 22.3 Å². The molecule has 1 fully saturated rings. The maximum absolute atomic E-state index is 13.9. The quantitative estimate of drug-likeness (QED) is 0.678. The molecule has 8 nitrogen and oxygen atoms in total. The molecule has 160 valence electrons. The van der Waals surface area contributed by atoms with Gasteiger partial charge in [0.2, 0.25) is 15.9 Å². The molecule has 3 rings (SSSR count). The van der Waals surface area contributed by atoms with Gasteiger partial charge in [0, 0.05) is 37.6 Å². The van der Waals surface area contributed by atoms with Gasteiger partial charge in [0.1, 0.15) is 11.4 Å². The lowest BCUT2D eigenvalue weighted by Gasteiger charge is -2.33. The standard InChI is InChI=1S/C19H26FN3O5S/c1-27-18-17(19(24)28-2)15-12-13(20)4-5-16(15)23(18)14-6-9-22(10-7-14)11-8-21-29(3,25)26/h4-5,12,14,21H,6-11H2,1-3H3. The molecule has 1 saturated heterocycles. The lowest BCUT2D eigenvalue weighted by molar-refractivity contribution is 0.0598. The highest BCUT2D eigenvalue weighted by molar-refractivity contribution is 7.88. The number of rotatable bonds is 7. The van der Waals surface area contributed by atoms with Crippen LogP contribution in [0.2, 0.25) is 0 Å². The van der Waals surface area contributed by atoms with Crippen molar-refractivity contribution < 1.29 is 27.1 Å². The molecule has 1 aromatic heterocycles. The van der Waals surface area contributed by atoms with Crippen molar-refractivity contribution in [2.24, 2.45) is 0 Å². The number of carbonyl (C=O) groups excluding carboxylic acids is 1. The van der Waals surface area contributed by atoms with Crippen molar-refractivity contribution in [1.82, 2.24) is 14.2 Å². The van der Waals surface area contributed by atoms with E-state index >= 15 is 0 Å². The zero-order chi connectivity index (χ0) is 21.2. The average Bonchev–Trinajstić information content (AvgIpc) is 3.00. The van der Waals surface area contributed by atoms with E-state index in [-0.39, 0.29) is 11.6 Å². The largest absolute Gasteiger partial charge is 0.482 e. The number of methoxy groups -OCH3 is 2. The third kappa shape index (κ3) is 4.71. The fraction of sp³-hybridized carbons (Fsp3) is 0.526. The molecule has 0 saturated carbocycles. The minimum absolute atomic E-state index is 0.0652. The molecule has 0 aliphatic carbocycles. The number of sulfonamides is 1. The molecule has 1 aliphatic rings. The van der Waals surface area contributed by atoms with Crippen LogP contribution in [0.1, 0.15) is 29.2 Å². The molecular weight excluding hydrogens is 401 g/mol. The Bertz CT molecular complexity index is 997. The smallest absolute Gasteiger partial charge is 0.344 e. The highest BCUT2D eigenvalue weighted by Gasteiger charge is 2.30. The highest BCUT2D eigenvalue weighted by atomic mass is 32.2. The predicted octanol–water partition coefficient (Wildman–Crippen LogP) is 1.76. The number of likely N-dealkylation sites (tertiary alicyclic amines) is 1. The van der Waals surface area contributed by atoms with Crippen LogP contribution in [0.25, 0.3) is 10.9 Å². The third-order valence-electron chi connectivity index (χ3n) is 5.22. The zero-order valence-corrected chi connectivity index (χ0v) is 17.6. The first kappa shape index (κ1) is 21.5. The van der Waals surface area contributed by atoms with Gasteiger partial charge in [0.15, 0.2) is 0 Å². The lowest BCUT2D eigenvalue weighted by atomic mass is 10.0. The minimum atomic E-state index is -3.20. The van der Waals surface area contributed by atoms with Crippen LogP contribution in [0, 0.1) is 5.82 Å². The summed E-state index contributed by atoms with van der Waals surface area (Å²) in [6.45, 7) is 2.54. The molecule has 0 atom stereocenters. The second-order valence-electron chi connectivity index (χ2n) is 7.15. The molecule has 0 unspecified atom stereocenters. The average molecular weight is 427 g/mol. The number of carbonyl (C=O) groups is 1. The number of hydrogen-bond donors (Lipinski definition) is 1. The van der Waals surface area contributed by atoms with E-state index < -0.39 is 21.8 Å². The van der Waals surface area contributed by atoms with E-state index in [9.17, 15) is 17.6 Å². The minimum Gasteiger partial charge on any atom is -0.482 e. The number of hydrogen-bond acceptors (Lipinski definition) is 6. The molecule has 0 radical (unpaired) electrons. The number of nitrogens with one attached hydrogen (secondary N) is 1. The molecule has 0 bridgehead atoms. The number of piperidine rings is 1. The summed E-state index contributed by atoms with van der Waals surface area (Å²) in [6, 6.07) is 4.41. The van der Waals surface area contributed by atoms with Crippen molar-refractivity contribution in [3.05, 3.63) is 29.6 Å². The van der Waals surface area contributed by atoms with Crippen molar-refractivity contribution in [3.8, 4) is 5.88 Å². The van der Waals surface area contributed by atoms with Gasteiger partial charge in [0.05, 0.1) is 26.0 Å². The first-order valence-corrected chi connectivity index (χ1v) is 11.3. The number of halogens is 1. The lowest BCUT2D eigenvalue weighted by Crippen LogP contribution is -2.39. The summed E-state index contributed by atoms with van der Waals surface area (Å²) in [5.41, 5.74) is 0.949. The van der Waals surface area contributed by atoms with E-state index in [1.165, 1.54) is 26.4 Å². The summed E-state index contributed by atoms with van der Waals surface area (Å²) in [4.78, 5) is 14.6. The highest BCUT2D eigenvalue weighted by Crippen LogP contribution is 2.39. The summed E-state index contributed by atoms with van der Waals surface area (Å²) in [7, 11) is -0.425. The number of nitrogens with zero attached hydrogens (tertiary/aromatic N) is 2. The molecule has 1 aliphatic heterocycles. The van der Waals surface area contributed by atoms with Crippen LogP contribution in [0.15, 0.2) is 18.2 Å². The monoisotopic (exact) mass is 427 g/mol. The Morgan fingerprint density at radius 2 is 1.97 bits per heavy atom. The Kier molecular flexibility index (Phi) is 6.45. The fourth-order valence-corrected chi connectivity index (χ4v) is 4.38. The molecule has 1 N–H and O–H groups in total.